The van der Waals surface area contributed by atoms with Crippen LogP contribution in [-0.2, 0) is 6.42 Å². The molecular formula is C18H22O3. The van der Waals surface area contributed by atoms with E-state index in [0.29, 0.717) is 12.3 Å². The van der Waals surface area contributed by atoms with E-state index >= 15 is 0 Å². The average molecular weight is 286 g/mol. The van der Waals surface area contributed by atoms with Crippen LogP contribution in [0.1, 0.15) is 36.5 Å². The van der Waals surface area contributed by atoms with E-state index in [2.05, 4.69) is 19.9 Å². The zero-order valence-corrected chi connectivity index (χ0v) is 13.0. The van der Waals surface area contributed by atoms with E-state index in [-0.39, 0.29) is 5.75 Å². The Morgan fingerprint density at radius 2 is 1.62 bits per heavy atom. The molecule has 0 fully saturated rings. The van der Waals surface area contributed by atoms with Crippen LogP contribution >= 0.6 is 0 Å². The Morgan fingerprint density at radius 3 is 2.24 bits per heavy atom. The van der Waals surface area contributed by atoms with Crippen molar-refractivity contribution in [1.29, 1.82) is 0 Å². The zero-order valence-electron chi connectivity index (χ0n) is 13.0. The molecule has 0 spiro atoms. The van der Waals surface area contributed by atoms with Gasteiger partial charge in [0.25, 0.3) is 0 Å². The van der Waals surface area contributed by atoms with E-state index in [0.717, 1.165) is 17.1 Å². The van der Waals surface area contributed by atoms with Crippen LogP contribution in [0.5, 0.6) is 17.2 Å². The summed E-state index contributed by atoms with van der Waals surface area (Å²) < 4.78 is 10.8. The van der Waals surface area contributed by atoms with Crippen LogP contribution in [0.4, 0.5) is 0 Å². The minimum atomic E-state index is 0.253. The van der Waals surface area contributed by atoms with Gasteiger partial charge in [0.05, 0.1) is 14.2 Å². The van der Waals surface area contributed by atoms with E-state index in [1.807, 2.05) is 12.1 Å². The summed E-state index contributed by atoms with van der Waals surface area (Å²) in [5.41, 5.74) is 3.33. The van der Waals surface area contributed by atoms with Crippen molar-refractivity contribution in [1.82, 2.24) is 0 Å². The number of methoxy groups -OCH3 is 2. The third-order valence-electron chi connectivity index (χ3n) is 3.57. The second-order valence-electron chi connectivity index (χ2n) is 5.40. The summed E-state index contributed by atoms with van der Waals surface area (Å²) in [4.78, 5) is 0. The Bertz CT molecular complexity index is 618. The summed E-state index contributed by atoms with van der Waals surface area (Å²) in [7, 11) is 3.34. The van der Waals surface area contributed by atoms with Gasteiger partial charge in [0.2, 0.25) is 0 Å². The molecule has 0 amide bonds. The molecule has 0 heterocycles. The van der Waals surface area contributed by atoms with Gasteiger partial charge in [-0.05, 0) is 41.3 Å². The highest BCUT2D eigenvalue weighted by atomic mass is 16.5. The Hall–Kier alpha value is -2.16. The number of phenols is 1. The lowest BCUT2D eigenvalue weighted by Gasteiger charge is -2.14. The molecular weight excluding hydrogens is 264 g/mol. The van der Waals surface area contributed by atoms with Crippen molar-refractivity contribution in [3.05, 3.63) is 53.1 Å². The summed E-state index contributed by atoms with van der Waals surface area (Å²) in [6, 6.07) is 11.4. The standard InChI is InChI=1S/C18H22O3/c1-12(2)16-10-13(5-7-18(16)21-4)9-14-11-15(19)6-8-17(14)20-3/h5-8,10-12,19H,9H2,1-4H3. The van der Waals surface area contributed by atoms with Crippen molar-refractivity contribution < 1.29 is 14.6 Å². The van der Waals surface area contributed by atoms with Gasteiger partial charge < -0.3 is 14.6 Å². The predicted octanol–water partition coefficient (Wildman–Crippen LogP) is 4.12. The maximum absolute atomic E-state index is 9.66. The Balaban J connectivity index is 2.36. The van der Waals surface area contributed by atoms with Crippen molar-refractivity contribution >= 4 is 0 Å². The molecule has 0 saturated carbocycles. The maximum atomic E-state index is 9.66. The number of ether oxygens (including phenoxy) is 2. The Labute approximate surface area is 126 Å². The van der Waals surface area contributed by atoms with E-state index < -0.39 is 0 Å². The van der Waals surface area contributed by atoms with Gasteiger partial charge in [0.15, 0.2) is 0 Å². The van der Waals surface area contributed by atoms with Crippen LogP contribution in [0.3, 0.4) is 0 Å². The highest BCUT2D eigenvalue weighted by molar-refractivity contribution is 5.45. The molecule has 0 aliphatic rings. The van der Waals surface area contributed by atoms with Gasteiger partial charge in [0, 0.05) is 12.0 Å². The van der Waals surface area contributed by atoms with Crippen LogP contribution in [0.2, 0.25) is 0 Å². The molecule has 0 aliphatic heterocycles. The fourth-order valence-electron chi connectivity index (χ4n) is 2.47. The first kappa shape index (κ1) is 15.2. The molecule has 0 bridgehead atoms. The molecule has 0 radical (unpaired) electrons. The molecule has 0 aliphatic carbocycles. The molecule has 21 heavy (non-hydrogen) atoms. The highest BCUT2D eigenvalue weighted by Crippen LogP contribution is 2.30. The number of hydrogen-bond acceptors (Lipinski definition) is 3. The van der Waals surface area contributed by atoms with Crippen LogP contribution in [0.25, 0.3) is 0 Å². The van der Waals surface area contributed by atoms with Crippen LogP contribution in [0.15, 0.2) is 36.4 Å². The van der Waals surface area contributed by atoms with Crippen molar-refractivity contribution in [2.75, 3.05) is 14.2 Å². The van der Waals surface area contributed by atoms with Gasteiger partial charge in [-0.1, -0.05) is 26.0 Å². The normalized spacial score (nSPS) is 10.7. The lowest BCUT2D eigenvalue weighted by Crippen LogP contribution is -1.98. The van der Waals surface area contributed by atoms with Gasteiger partial charge in [-0.15, -0.1) is 0 Å². The van der Waals surface area contributed by atoms with Crippen molar-refractivity contribution in [2.45, 2.75) is 26.2 Å². The molecule has 3 heteroatoms. The average Bonchev–Trinajstić information content (AvgIpc) is 2.47. The number of phenolic OH excluding ortho intramolecular Hbond substituents is 1. The van der Waals surface area contributed by atoms with E-state index in [9.17, 15) is 5.11 Å². The molecule has 3 nitrogen and oxygen atoms in total. The second-order valence-corrected chi connectivity index (χ2v) is 5.40. The number of hydrogen-bond donors (Lipinski definition) is 1. The lowest BCUT2D eigenvalue weighted by atomic mass is 9.96. The SMILES string of the molecule is COc1ccc(O)cc1Cc1ccc(OC)c(C(C)C)c1. The van der Waals surface area contributed by atoms with E-state index in [1.54, 1.807) is 32.4 Å². The molecule has 1 N–H and O–H groups in total. The molecule has 2 aromatic carbocycles. The summed E-state index contributed by atoms with van der Waals surface area (Å²) in [5, 5.41) is 9.66. The predicted molar refractivity (Wildman–Crippen MR) is 84.5 cm³/mol. The summed E-state index contributed by atoms with van der Waals surface area (Å²) in [5.74, 6) is 2.35. The van der Waals surface area contributed by atoms with Crippen LogP contribution < -0.4 is 9.47 Å². The molecule has 2 aromatic rings. The van der Waals surface area contributed by atoms with Gasteiger partial charge in [0.1, 0.15) is 17.2 Å². The topological polar surface area (TPSA) is 38.7 Å². The molecule has 0 unspecified atom stereocenters. The maximum Gasteiger partial charge on any atom is 0.122 e. The van der Waals surface area contributed by atoms with Crippen molar-refractivity contribution in [3.8, 4) is 17.2 Å². The Kier molecular flexibility index (Phi) is 4.73. The van der Waals surface area contributed by atoms with Crippen LogP contribution in [-0.4, -0.2) is 19.3 Å². The molecule has 0 saturated heterocycles. The Morgan fingerprint density at radius 1 is 0.952 bits per heavy atom. The molecule has 0 aromatic heterocycles. The lowest BCUT2D eigenvalue weighted by molar-refractivity contribution is 0.406. The van der Waals surface area contributed by atoms with Crippen LogP contribution in [0, 0.1) is 0 Å². The molecule has 0 atom stereocenters. The minimum absolute atomic E-state index is 0.253. The second kappa shape index (κ2) is 6.53. The quantitative estimate of drug-likeness (QED) is 0.898. The summed E-state index contributed by atoms with van der Waals surface area (Å²) in [6.07, 6.45) is 0.710. The summed E-state index contributed by atoms with van der Waals surface area (Å²) >= 11 is 0. The minimum Gasteiger partial charge on any atom is -0.508 e. The molecule has 112 valence electrons. The number of rotatable bonds is 5. The van der Waals surface area contributed by atoms with Crippen molar-refractivity contribution in [2.24, 2.45) is 0 Å². The number of aromatic hydroxyl groups is 1. The first-order chi connectivity index (χ1) is 10.0. The fraction of sp³-hybridized carbons (Fsp3) is 0.333. The zero-order chi connectivity index (χ0) is 15.4. The first-order valence-corrected chi connectivity index (χ1v) is 7.07. The third kappa shape index (κ3) is 3.48. The van der Waals surface area contributed by atoms with Crippen molar-refractivity contribution in [3.63, 3.8) is 0 Å². The first-order valence-electron chi connectivity index (χ1n) is 7.07. The largest absolute Gasteiger partial charge is 0.508 e. The number of benzene rings is 2. The monoisotopic (exact) mass is 286 g/mol. The summed E-state index contributed by atoms with van der Waals surface area (Å²) in [6.45, 7) is 4.30. The van der Waals surface area contributed by atoms with E-state index in [4.69, 9.17) is 9.47 Å². The van der Waals surface area contributed by atoms with Gasteiger partial charge in [-0.3, -0.25) is 0 Å². The smallest absolute Gasteiger partial charge is 0.122 e. The van der Waals surface area contributed by atoms with Gasteiger partial charge >= 0.3 is 0 Å². The highest BCUT2D eigenvalue weighted by Gasteiger charge is 2.11. The van der Waals surface area contributed by atoms with Gasteiger partial charge in [-0.2, -0.15) is 0 Å². The molecule has 2 rings (SSSR count). The van der Waals surface area contributed by atoms with E-state index in [1.165, 1.54) is 11.1 Å². The fourth-order valence-corrected chi connectivity index (χ4v) is 2.47. The third-order valence-corrected chi connectivity index (χ3v) is 3.57. The van der Waals surface area contributed by atoms with Gasteiger partial charge in [-0.25, -0.2) is 0 Å².